The van der Waals surface area contributed by atoms with E-state index < -0.39 is 0 Å². The van der Waals surface area contributed by atoms with Crippen LogP contribution in [0.2, 0.25) is 0 Å². The number of rotatable bonds is 2. The van der Waals surface area contributed by atoms with E-state index in [-0.39, 0.29) is 10.6 Å². The van der Waals surface area contributed by atoms with Gasteiger partial charge in [-0.05, 0) is 47.6 Å². The first-order chi connectivity index (χ1) is 10.1. The molecule has 0 saturated carbocycles. The summed E-state index contributed by atoms with van der Waals surface area (Å²) in [5.74, 6) is -0.171. The Morgan fingerprint density at radius 3 is 2.29 bits per heavy atom. The third-order valence-electron chi connectivity index (χ3n) is 4.10. The zero-order chi connectivity index (χ0) is 15.0. The topological polar surface area (TPSA) is 0 Å². The standard InChI is InChI=1S/C19H16BrF/c1-12-6-5-9-14(13(12)2)19(20)17-10-11-18(21)16-8-4-3-7-15(16)17/h3-11,19H,1-2H3. The van der Waals surface area contributed by atoms with E-state index in [2.05, 4.69) is 48.0 Å². The fourth-order valence-electron chi connectivity index (χ4n) is 2.72. The molecule has 3 aromatic carbocycles. The Labute approximate surface area is 132 Å². The second-order valence-electron chi connectivity index (χ2n) is 5.33. The number of hydrogen-bond acceptors (Lipinski definition) is 0. The van der Waals surface area contributed by atoms with Gasteiger partial charge in [-0.1, -0.05) is 64.5 Å². The highest BCUT2D eigenvalue weighted by Gasteiger charge is 2.17. The number of hydrogen-bond donors (Lipinski definition) is 0. The minimum atomic E-state index is -0.171. The summed E-state index contributed by atoms with van der Waals surface area (Å²) in [7, 11) is 0. The number of fused-ring (bicyclic) bond motifs is 1. The van der Waals surface area contributed by atoms with Gasteiger partial charge in [0.05, 0.1) is 4.83 Å². The third-order valence-corrected chi connectivity index (χ3v) is 5.08. The molecule has 0 aliphatic carbocycles. The Kier molecular flexibility index (Phi) is 3.81. The molecule has 21 heavy (non-hydrogen) atoms. The van der Waals surface area contributed by atoms with E-state index in [0.29, 0.717) is 5.39 Å². The van der Waals surface area contributed by atoms with Crippen molar-refractivity contribution >= 4 is 26.7 Å². The van der Waals surface area contributed by atoms with Gasteiger partial charge in [0.1, 0.15) is 5.82 Å². The maximum Gasteiger partial charge on any atom is 0.131 e. The first kappa shape index (κ1) is 14.3. The molecule has 1 unspecified atom stereocenters. The second-order valence-corrected chi connectivity index (χ2v) is 6.25. The minimum Gasteiger partial charge on any atom is -0.206 e. The van der Waals surface area contributed by atoms with Crippen molar-refractivity contribution in [1.82, 2.24) is 0 Å². The van der Waals surface area contributed by atoms with Crippen molar-refractivity contribution in [2.45, 2.75) is 18.7 Å². The van der Waals surface area contributed by atoms with Crippen molar-refractivity contribution in [2.75, 3.05) is 0 Å². The summed E-state index contributed by atoms with van der Waals surface area (Å²) in [6.45, 7) is 4.24. The van der Waals surface area contributed by atoms with Crippen molar-refractivity contribution in [1.29, 1.82) is 0 Å². The van der Waals surface area contributed by atoms with Crippen LogP contribution in [0, 0.1) is 19.7 Å². The molecule has 0 aromatic heterocycles. The zero-order valence-electron chi connectivity index (χ0n) is 12.0. The summed E-state index contributed by atoms with van der Waals surface area (Å²) in [6.07, 6.45) is 0. The molecule has 0 aliphatic heterocycles. The van der Waals surface area contributed by atoms with E-state index in [4.69, 9.17) is 0 Å². The molecular weight excluding hydrogens is 327 g/mol. The lowest BCUT2D eigenvalue weighted by Crippen LogP contribution is -1.99. The number of halogens is 2. The molecule has 0 amide bonds. The molecule has 0 fully saturated rings. The van der Waals surface area contributed by atoms with E-state index in [0.717, 1.165) is 10.9 Å². The van der Waals surface area contributed by atoms with Crippen molar-refractivity contribution < 1.29 is 4.39 Å². The van der Waals surface area contributed by atoms with Gasteiger partial charge in [-0.15, -0.1) is 0 Å². The minimum absolute atomic E-state index is 0.0582. The Morgan fingerprint density at radius 2 is 1.52 bits per heavy atom. The summed E-state index contributed by atoms with van der Waals surface area (Å²) in [5, 5.41) is 1.63. The van der Waals surface area contributed by atoms with Gasteiger partial charge in [-0.25, -0.2) is 4.39 Å². The van der Waals surface area contributed by atoms with E-state index in [1.165, 1.54) is 16.7 Å². The van der Waals surface area contributed by atoms with Crippen LogP contribution in [0.1, 0.15) is 27.1 Å². The molecule has 0 N–H and O–H groups in total. The van der Waals surface area contributed by atoms with Gasteiger partial charge < -0.3 is 0 Å². The second kappa shape index (κ2) is 5.61. The molecule has 0 aliphatic rings. The Bertz CT molecular complexity index is 808. The smallest absolute Gasteiger partial charge is 0.131 e. The molecular formula is C19H16BrF. The summed E-state index contributed by atoms with van der Waals surface area (Å²) in [6, 6.07) is 17.4. The molecule has 0 heterocycles. The van der Waals surface area contributed by atoms with Crippen molar-refractivity contribution in [3.8, 4) is 0 Å². The van der Waals surface area contributed by atoms with Crippen molar-refractivity contribution in [3.05, 3.63) is 82.7 Å². The van der Waals surface area contributed by atoms with Gasteiger partial charge in [0.2, 0.25) is 0 Å². The van der Waals surface area contributed by atoms with E-state index in [9.17, 15) is 4.39 Å². The van der Waals surface area contributed by atoms with Crippen molar-refractivity contribution in [3.63, 3.8) is 0 Å². The Balaban J connectivity index is 2.21. The summed E-state index contributed by atoms with van der Waals surface area (Å²) < 4.78 is 14.0. The average Bonchev–Trinajstić information content (AvgIpc) is 2.50. The summed E-state index contributed by atoms with van der Waals surface area (Å²) in [4.78, 5) is 0.0582. The van der Waals surface area contributed by atoms with Gasteiger partial charge in [-0.3, -0.25) is 0 Å². The fourth-order valence-corrected chi connectivity index (χ4v) is 3.62. The molecule has 0 nitrogen and oxygen atoms in total. The molecule has 0 spiro atoms. The van der Waals surface area contributed by atoms with E-state index >= 15 is 0 Å². The molecule has 106 valence electrons. The maximum atomic E-state index is 14.0. The normalized spacial score (nSPS) is 12.6. The monoisotopic (exact) mass is 342 g/mol. The van der Waals surface area contributed by atoms with Gasteiger partial charge in [0, 0.05) is 5.39 Å². The molecule has 0 radical (unpaired) electrons. The number of aryl methyl sites for hydroxylation is 1. The third kappa shape index (κ3) is 2.49. The summed E-state index contributed by atoms with van der Waals surface area (Å²) >= 11 is 3.80. The van der Waals surface area contributed by atoms with Crippen LogP contribution in [0.25, 0.3) is 10.8 Å². The van der Waals surface area contributed by atoms with Gasteiger partial charge in [-0.2, -0.15) is 0 Å². The SMILES string of the molecule is Cc1cccc(C(Br)c2ccc(F)c3ccccc23)c1C. The van der Waals surface area contributed by atoms with Crippen LogP contribution in [0.15, 0.2) is 54.6 Å². The lowest BCUT2D eigenvalue weighted by atomic mass is 9.94. The maximum absolute atomic E-state index is 14.0. The van der Waals surface area contributed by atoms with Gasteiger partial charge >= 0.3 is 0 Å². The highest BCUT2D eigenvalue weighted by molar-refractivity contribution is 9.09. The average molecular weight is 343 g/mol. The van der Waals surface area contributed by atoms with Crippen LogP contribution in [-0.2, 0) is 0 Å². The van der Waals surface area contributed by atoms with Crippen LogP contribution in [0.4, 0.5) is 4.39 Å². The Morgan fingerprint density at radius 1 is 0.810 bits per heavy atom. The molecule has 3 rings (SSSR count). The van der Waals surface area contributed by atoms with E-state index in [1.807, 2.05) is 30.3 Å². The van der Waals surface area contributed by atoms with Crippen LogP contribution in [-0.4, -0.2) is 0 Å². The fraction of sp³-hybridized carbons (Fsp3) is 0.158. The number of benzene rings is 3. The molecule has 1 atom stereocenters. The Hall–Kier alpha value is -1.67. The van der Waals surface area contributed by atoms with Crippen molar-refractivity contribution in [2.24, 2.45) is 0 Å². The molecule has 3 aromatic rings. The van der Waals surface area contributed by atoms with E-state index in [1.54, 1.807) is 6.07 Å². The predicted octanol–water partition coefficient (Wildman–Crippen LogP) is 6.08. The highest BCUT2D eigenvalue weighted by Crippen LogP contribution is 2.37. The van der Waals surface area contributed by atoms with Crippen LogP contribution in [0.3, 0.4) is 0 Å². The first-order valence-corrected chi connectivity index (χ1v) is 7.88. The first-order valence-electron chi connectivity index (χ1n) is 6.97. The van der Waals surface area contributed by atoms with Crippen LogP contribution < -0.4 is 0 Å². The lowest BCUT2D eigenvalue weighted by molar-refractivity contribution is 0.639. The number of alkyl halides is 1. The lowest BCUT2D eigenvalue weighted by Gasteiger charge is -2.17. The van der Waals surface area contributed by atoms with Gasteiger partial charge in [0.15, 0.2) is 0 Å². The summed E-state index contributed by atoms with van der Waals surface area (Å²) in [5.41, 5.74) is 4.86. The molecule has 0 bridgehead atoms. The van der Waals surface area contributed by atoms with Crippen LogP contribution in [0.5, 0.6) is 0 Å². The van der Waals surface area contributed by atoms with Crippen LogP contribution >= 0.6 is 15.9 Å². The molecule has 0 saturated heterocycles. The quantitative estimate of drug-likeness (QED) is 0.495. The largest absolute Gasteiger partial charge is 0.206 e. The molecule has 2 heteroatoms. The predicted molar refractivity (Wildman–Crippen MR) is 90.6 cm³/mol. The zero-order valence-corrected chi connectivity index (χ0v) is 13.6. The van der Waals surface area contributed by atoms with Gasteiger partial charge in [0.25, 0.3) is 0 Å². The highest BCUT2D eigenvalue weighted by atomic mass is 79.9.